The maximum absolute atomic E-state index is 14.7. The molecule has 38 heavy (non-hydrogen) atoms. The van der Waals surface area contributed by atoms with E-state index in [1.807, 2.05) is 6.07 Å². The molecule has 1 saturated carbocycles. The van der Waals surface area contributed by atoms with E-state index in [-0.39, 0.29) is 23.7 Å². The average molecular weight is 539 g/mol. The van der Waals surface area contributed by atoms with E-state index in [9.17, 15) is 4.79 Å². The van der Waals surface area contributed by atoms with Crippen molar-refractivity contribution < 1.29 is 32.0 Å². The van der Waals surface area contributed by atoms with Gasteiger partial charge in [-0.05, 0) is 62.0 Å². The van der Waals surface area contributed by atoms with Crippen molar-refractivity contribution in [3.63, 3.8) is 0 Å². The first-order valence-corrected chi connectivity index (χ1v) is 14.7. The Labute approximate surface area is 234 Å². The van der Waals surface area contributed by atoms with Crippen LogP contribution in [-0.2, 0) is 10.2 Å². The lowest BCUT2D eigenvalue weighted by Crippen LogP contribution is -3.00. The minimum Gasteiger partial charge on any atom is -1.00 e. The molecule has 6 heteroatoms. The van der Waals surface area contributed by atoms with E-state index in [1.54, 1.807) is 7.11 Å². The molecule has 1 aliphatic carbocycles. The number of carbonyl (C=O) groups is 1. The molecule has 3 aliphatic heterocycles. The van der Waals surface area contributed by atoms with Gasteiger partial charge in [0.15, 0.2) is 11.5 Å². The monoisotopic (exact) mass is 538 g/mol. The number of methoxy groups -OCH3 is 1. The summed E-state index contributed by atoms with van der Waals surface area (Å²) in [5.41, 5.74) is 2.44. The molecule has 0 unspecified atom stereocenters. The molecule has 2 aromatic rings. The number of piperidine rings is 1. The van der Waals surface area contributed by atoms with Crippen LogP contribution in [0, 0.1) is 11.8 Å². The number of halogens is 1. The average Bonchev–Trinajstić information content (AvgIpc) is 3.30. The van der Waals surface area contributed by atoms with Crippen molar-refractivity contribution in [2.24, 2.45) is 11.8 Å². The van der Waals surface area contributed by atoms with Crippen LogP contribution >= 0.6 is 0 Å². The zero-order chi connectivity index (χ0) is 25.2. The summed E-state index contributed by atoms with van der Waals surface area (Å²) in [4.78, 5) is 17.0. The highest BCUT2D eigenvalue weighted by molar-refractivity contribution is 5.82. The molecule has 3 heterocycles. The van der Waals surface area contributed by atoms with Gasteiger partial charge in [0.25, 0.3) is 0 Å². The lowest BCUT2D eigenvalue weighted by Gasteiger charge is -2.46. The molecule has 3 fully saturated rings. The number of hydrogen-bond acceptors (Lipinski definition) is 3. The minimum atomic E-state index is -0.190. The van der Waals surface area contributed by atoms with Crippen molar-refractivity contribution in [1.29, 1.82) is 0 Å². The third-order valence-corrected chi connectivity index (χ3v) is 10.0. The van der Waals surface area contributed by atoms with E-state index in [0.717, 1.165) is 56.8 Å². The number of amides is 1. The Balaban J connectivity index is 0.00000294. The van der Waals surface area contributed by atoms with Crippen LogP contribution in [0.4, 0.5) is 0 Å². The van der Waals surface area contributed by atoms with Gasteiger partial charge in [-0.25, -0.2) is 0 Å². The third-order valence-electron chi connectivity index (χ3n) is 10.0. The summed E-state index contributed by atoms with van der Waals surface area (Å²) >= 11 is 0. The van der Waals surface area contributed by atoms with Crippen LogP contribution in [0.1, 0.15) is 74.8 Å². The molecule has 1 amide bonds. The second-order valence-electron chi connectivity index (χ2n) is 11.9. The predicted molar refractivity (Wildman–Crippen MR) is 145 cm³/mol. The molecule has 4 aliphatic rings. The van der Waals surface area contributed by atoms with Crippen LogP contribution in [0.2, 0.25) is 0 Å². The maximum atomic E-state index is 14.7. The number of carbonyl (C=O) groups excluding carboxylic acids is 1. The SMILES string of the molecule is COc1cccc2c1OCCC[C@]21C[NH2+]C[C@H]1C(=O)N1CC[C@@H](c2ccccc2)C[C@H]1C1CCCCC1.[Cl-]. The highest BCUT2D eigenvalue weighted by Gasteiger charge is 2.55. The Morgan fingerprint density at radius 2 is 1.84 bits per heavy atom. The lowest BCUT2D eigenvalue weighted by atomic mass is 9.68. The standard InChI is InChI=1S/C32H42N2O3.ClH/c1-36-29-15-8-14-26-30(29)37-19-9-17-32(26)22-33-21-27(32)31(35)34-18-16-25(23-10-4-2-5-11-23)20-28(34)24-12-6-3-7-13-24;/h2,4-5,8,10-11,14-15,24-25,27-28,33H,3,6-7,9,12-13,16-22H2,1H3;1H/t25-,27+,28+,32+;/m1./s1. The molecule has 6 rings (SSSR count). The molecule has 2 saturated heterocycles. The summed E-state index contributed by atoms with van der Waals surface area (Å²) in [6, 6.07) is 17.6. The van der Waals surface area contributed by atoms with Crippen LogP contribution < -0.4 is 27.2 Å². The fourth-order valence-electron chi connectivity index (χ4n) is 8.17. The second kappa shape index (κ2) is 11.9. The van der Waals surface area contributed by atoms with Crippen molar-refractivity contribution >= 4 is 5.91 Å². The number of ether oxygens (including phenoxy) is 2. The third kappa shape index (κ3) is 4.93. The summed E-state index contributed by atoms with van der Waals surface area (Å²) in [6.45, 7) is 3.38. The van der Waals surface area contributed by atoms with Gasteiger partial charge < -0.3 is 32.1 Å². The summed E-state index contributed by atoms with van der Waals surface area (Å²) < 4.78 is 11.9. The van der Waals surface area contributed by atoms with Gasteiger partial charge >= 0.3 is 0 Å². The summed E-state index contributed by atoms with van der Waals surface area (Å²) in [5, 5.41) is 2.38. The largest absolute Gasteiger partial charge is 1.00 e. The van der Waals surface area contributed by atoms with Gasteiger partial charge in [0.05, 0.1) is 32.2 Å². The van der Waals surface area contributed by atoms with Gasteiger partial charge in [-0.3, -0.25) is 4.79 Å². The molecule has 2 aromatic carbocycles. The molecule has 206 valence electrons. The Hall–Kier alpha value is -2.24. The minimum absolute atomic E-state index is 0. The van der Waals surface area contributed by atoms with Crippen molar-refractivity contribution in [1.82, 2.24) is 4.90 Å². The topological polar surface area (TPSA) is 55.4 Å². The number of quaternary nitrogens is 1. The molecule has 5 nitrogen and oxygen atoms in total. The number of nitrogens with two attached hydrogens (primary N) is 1. The number of benzene rings is 2. The first kappa shape index (κ1) is 27.3. The molecule has 4 atom stereocenters. The number of hydrogen-bond donors (Lipinski definition) is 1. The predicted octanol–water partition coefficient (Wildman–Crippen LogP) is 1.66. The molecule has 0 aromatic heterocycles. The van der Waals surface area contributed by atoms with Crippen LogP contribution in [0.15, 0.2) is 48.5 Å². The molecular formula is C32H43ClN2O3. The van der Waals surface area contributed by atoms with Crippen molar-refractivity contribution in [3.8, 4) is 11.5 Å². The van der Waals surface area contributed by atoms with Crippen molar-refractivity contribution in [3.05, 3.63) is 59.7 Å². The van der Waals surface area contributed by atoms with E-state index < -0.39 is 0 Å². The zero-order valence-electron chi connectivity index (χ0n) is 22.7. The quantitative estimate of drug-likeness (QED) is 0.644. The van der Waals surface area contributed by atoms with E-state index in [4.69, 9.17) is 9.47 Å². The van der Waals surface area contributed by atoms with E-state index in [1.165, 1.54) is 43.2 Å². The smallest absolute Gasteiger partial charge is 0.232 e. The first-order chi connectivity index (χ1) is 18.2. The van der Waals surface area contributed by atoms with Gasteiger partial charge in [0, 0.05) is 18.2 Å². The molecule has 2 N–H and O–H groups in total. The van der Waals surface area contributed by atoms with Crippen molar-refractivity contribution in [2.45, 2.75) is 75.2 Å². The number of likely N-dealkylation sites (tertiary alicyclic amines) is 1. The van der Waals surface area contributed by atoms with E-state index in [0.29, 0.717) is 30.4 Å². The van der Waals surface area contributed by atoms with E-state index in [2.05, 4.69) is 52.7 Å². The fraction of sp³-hybridized carbons (Fsp3) is 0.594. The van der Waals surface area contributed by atoms with Gasteiger partial charge in [0.1, 0.15) is 5.92 Å². The van der Waals surface area contributed by atoms with Gasteiger partial charge in [-0.2, -0.15) is 0 Å². The Kier molecular flexibility index (Phi) is 8.54. The molecule has 0 bridgehead atoms. The summed E-state index contributed by atoms with van der Waals surface area (Å²) in [6.07, 6.45) is 10.6. The normalized spacial score (nSPS) is 29.6. The molecule has 1 spiro atoms. The van der Waals surface area contributed by atoms with Gasteiger partial charge in [-0.1, -0.05) is 61.7 Å². The maximum Gasteiger partial charge on any atom is 0.232 e. The molecular weight excluding hydrogens is 496 g/mol. The Morgan fingerprint density at radius 3 is 2.63 bits per heavy atom. The van der Waals surface area contributed by atoms with Crippen LogP contribution in [0.5, 0.6) is 11.5 Å². The summed E-state index contributed by atoms with van der Waals surface area (Å²) in [5.74, 6) is 3.22. The first-order valence-electron chi connectivity index (χ1n) is 14.7. The number of para-hydroxylation sites is 1. The Bertz CT molecular complexity index is 1090. The van der Waals surface area contributed by atoms with Gasteiger partial charge in [0.2, 0.25) is 5.91 Å². The highest BCUT2D eigenvalue weighted by Crippen LogP contribution is 2.49. The van der Waals surface area contributed by atoms with Crippen molar-refractivity contribution in [2.75, 3.05) is 33.4 Å². The van der Waals surface area contributed by atoms with Crippen LogP contribution in [0.25, 0.3) is 0 Å². The van der Waals surface area contributed by atoms with Gasteiger partial charge in [-0.15, -0.1) is 0 Å². The van der Waals surface area contributed by atoms with Crippen LogP contribution in [-0.4, -0.2) is 50.2 Å². The fourth-order valence-corrected chi connectivity index (χ4v) is 8.17. The number of fused-ring (bicyclic) bond motifs is 2. The number of rotatable bonds is 4. The highest BCUT2D eigenvalue weighted by atomic mass is 35.5. The second-order valence-corrected chi connectivity index (χ2v) is 11.9. The van der Waals surface area contributed by atoms with Crippen LogP contribution in [0.3, 0.4) is 0 Å². The van der Waals surface area contributed by atoms with E-state index >= 15 is 0 Å². The Morgan fingerprint density at radius 1 is 1.03 bits per heavy atom. The number of nitrogens with zero attached hydrogens (tertiary/aromatic N) is 1. The zero-order valence-corrected chi connectivity index (χ0v) is 23.5. The lowest BCUT2D eigenvalue weighted by molar-refractivity contribution is -0.640. The molecule has 0 radical (unpaired) electrons. The summed E-state index contributed by atoms with van der Waals surface area (Å²) in [7, 11) is 1.71.